The van der Waals surface area contributed by atoms with E-state index in [-0.39, 0.29) is 18.0 Å². The molecule has 2 heterocycles. The number of nitrogens with zero attached hydrogens (tertiary/aromatic N) is 3. The van der Waals surface area contributed by atoms with Gasteiger partial charge in [-0.05, 0) is 25.0 Å². The molecule has 0 aliphatic rings. The number of hydrogen-bond acceptors (Lipinski definition) is 5. The van der Waals surface area contributed by atoms with E-state index < -0.39 is 10.0 Å². The molecule has 21 heavy (non-hydrogen) atoms. The molecule has 0 amide bonds. The lowest BCUT2D eigenvalue weighted by Crippen LogP contribution is -2.23. The van der Waals surface area contributed by atoms with Gasteiger partial charge in [-0.2, -0.15) is 5.10 Å². The van der Waals surface area contributed by atoms with Crippen LogP contribution in [0.5, 0.6) is 0 Å². The van der Waals surface area contributed by atoms with E-state index in [4.69, 9.17) is 5.11 Å². The lowest BCUT2D eigenvalue weighted by atomic mass is 10.2. The Morgan fingerprint density at radius 2 is 2.24 bits per heavy atom. The van der Waals surface area contributed by atoms with Crippen molar-refractivity contribution in [3.63, 3.8) is 0 Å². The molecule has 0 aliphatic carbocycles. The monoisotopic (exact) mass is 310 g/mol. The van der Waals surface area contributed by atoms with Gasteiger partial charge in [0.2, 0.25) is 10.0 Å². The summed E-state index contributed by atoms with van der Waals surface area (Å²) in [4.78, 5) is 4.25. The molecule has 0 fully saturated rings. The molecule has 0 aromatic carbocycles. The van der Waals surface area contributed by atoms with E-state index in [2.05, 4.69) is 14.8 Å². The average Bonchev–Trinajstić information content (AvgIpc) is 2.94. The molecule has 0 saturated heterocycles. The van der Waals surface area contributed by atoms with Crippen LogP contribution in [0.15, 0.2) is 35.6 Å². The number of hydrogen-bond donors (Lipinski definition) is 2. The maximum atomic E-state index is 12.2. The van der Waals surface area contributed by atoms with Gasteiger partial charge in [0.25, 0.3) is 0 Å². The second-order valence-electron chi connectivity index (χ2n) is 4.61. The third-order valence-corrected chi connectivity index (χ3v) is 4.37. The molecule has 8 heteroatoms. The number of aliphatic hydroxyl groups is 1. The Balaban J connectivity index is 2.05. The van der Waals surface area contributed by atoms with Crippen molar-refractivity contribution in [1.82, 2.24) is 19.5 Å². The molecule has 0 bridgehead atoms. The molecule has 0 unspecified atom stereocenters. The smallest absolute Gasteiger partial charge is 0.244 e. The molecule has 114 valence electrons. The van der Waals surface area contributed by atoms with Crippen molar-refractivity contribution >= 4 is 10.0 Å². The van der Waals surface area contributed by atoms with Crippen molar-refractivity contribution in [3.8, 4) is 0 Å². The van der Waals surface area contributed by atoms with Gasteiger partial charge in [0, 0.05) is 25.5 Å². The van der Waals surface area contributed by atoms with E-state index in [0.717, 1.165) is 5.56 Å². The van der Waals surface area contributed by atoms with Crippen LogP contribution in [0.25, 0.3) is 0 Å². The van der Waals surface area contributed by atoms with Crippen LogP contribution in [0.1, 0.15) is 17.7 Å². The summed E-state index contributed by atoms with van der Waals surface area (Å²) < 4.78 is 28.3. The maximum absolute atomic E-state index is 12.2. The molecule has 2 N–H and O–H groups in total. The second-order valence-corrected chi connectivity index (χ2v) is 6.37. The Bertz CT molecular complexity index is 697. The van der Waals surface area contributed by atoms with Gasteiger partial charge >= 0.3 is 0 Å². The first-order chi connectivity index (χ1) is 10.0. The van der Waals surface area contributed by atoms with E-state index in [0.29, 0.717) is 18.7 Å². The number of aliphatic hydroxyl groups excluding tert-OH is 1. The summed E-state index contributed by atoms with van der Waals surface area (Å²) in [7, 11) is -3.62. The van der Waals surface area contributed by atoms with Gasteiger partial charge in [0.15, 0.2) is 0 Å². The van der Waals surface area contributed by atoms with E-state index in [1.807, 2.05) is 13.0 Å². The molecular formula is C13H18N4O3S. The van der Waals surface area contributed by atoms with E-state index in [1.54, 1.807) is 12.3 Å². The third-order valence-electron chi connectivity index (χ3n) is 3.01. The minimum atomic E-state index is -3.62. The molecule has 2 aromatic heterocycles. The summed E-state index contributed by atoms with van der Waals surface area (Å²) >= 11 is 0. The summed E-state index contributed by atoms with van der Waals surface area (Å²) in [5, 5.41) is 12.7. The van der Waals surface area contributed by atoms with Crippen molar-refractivity contribution < 1.29 is 13.5 Å². The summed E-state index contributed by atoms with van der Waals surface area (Å²) in [6.07, 6.45) is 4.90. The van der Waals surface area contributed by atoms with Crippen LogP contribution in [0, 0.1) is 6.92 Å². The molecule has 2 rings (SSSR count). The zero-order valence-electron chi connectivity index (χ0n) is 11.7. The SMILES string of the molecule is Cc1cccnc1CNS(=O)(=O)c1cnn(CCCO)c1. The van der Waals surface area contributed by atoms with Crippen molar-refractivity contribution in [2.24, 2.45) is 0 Å². The van der Waals surface area contributed by atoms with Crippen LogP contribution in [0.2, 0.25) is 0 Å². The van der Waals surface area contributed by atoms with Gasteiger partial charge in [-0.3, -0.25) is 9.67 Å². The molecule has 0 radical (unpaired) electrons. The molecule has 2 aromatic rings. The predicted octanol–water partition coefficient (Wildman–Crippen LogP) is 0.447. The molecule has 0 spiro atoms. The van der Waals surface area contributed by atoms with Crippen LogP contribution < -0.4 is 4.72 Å². The number of aryl methyl sites for hydroxylation is 2. The maximum Gasteiger partial charge on any atom is 0.244 e. The van der Waals surface area contributed by atoms with Gasteiger partial charge < -0.3 is 5.11 Å². The Labute approximate surface area is 123 Å². The lowest BCUT2D eigenvalue weighted by molar-refractivity contribution is 0.277. The topological polar surface area (TPSA) is 97.1 Å². The Hall–Kier alpha value is -1.77. The average molecular weight is 310 g/mol. The van der Waals surface area contributed by atoms with E-state index in [9.17, 15) is 8.42 Å². The first-order valence-corrected chi connectivity index (χ1v) is 8.05. The summed E-state index contributed by atoms with van der Waals surface area (Å²) in [6, 6.07) is 3.68. The number of aromatic nitrogens is 3. The Morgan fingerprint density at radius 3 is 2.95 bits per heavy atom. The third kappa shape index (κ3) is 4.10. The zero-order valence-corrected chi connectivity index (χ0v) is 12.5. The van der Waals surface area contributed by atoms with E-state index >= 15 is 0 Å². The highest BCUT2D eigenvalue weighted by Gasteiger charge is 2.16. The zero-order chi connectivity index (χ0) is 15.3. The van der Waals surface area contributed by atoms with Gasteiger partial charge in [0.1, 0.15) is 4.90 Å². The molecule has 0 saturated carbocycles. The van der Waals surface area contributed by atoms with Crippen LogP contribution >= 0.6 is 0 Å². The van der Waals surface area contributed by atoms with Gasteiger partial charge in [-0.1, -0.05) is 6.07 Å². The fraction of sp³-hybridized carbons (Fsp3) is 0.385. The van der Waals surface area contributed by atoms with Crippen LogP contribution in [0.3, 0.4) is 0 Å². The van der Waals surface area contributed by atoms with E-state index in [1.165, 1.54) is 17.1 Å². The Morgan fingerprint density at radius 1 is 1.43 bits per heavy atom. The van der Waals surface area contributed by atoms with Gasteiger partial charge in [0.05, 0.1) is 18.4 Å². The summed E-state index contributed by atoms with van der Waals surface area (Å²) in [5.74, 6) is 0. The molecular weight excluding hydrogens is 292 g/mol. The van der Waals surface area contributed by atoms with Gasteiger partial charge in [-0.15, -0.1) is 0 Å². The number of sulfonamides is 1. The number of pyridine rings is 1. The summed E-state index contributed by atoms with van der Waals surface area (Å²) in [5.41, 5.74) is 1.62. The quantitative estimate of drug-likeness (QED) is 0.774. The standard InChI is InChI=1S/C13H18N4O3S/c1-11-4-2-5-14-13(11)9-16-21(19,20)12-8-15-17(10-12)6-3-7-18/h2,4-5,8,10,16,18H,3,6-7,9H2,1H3. The highest BCUT2D eigenvalue weighted by molar-refractivity contribution is 7.89. The number of rotatable bonds is 7. The molecule has 0 aliphatic heterocycles. The highest BCUT2D eigenvalue weighted by atomic mass is 32.2. The summed E-state index contributed by atoms with van der Waals surface area (Å²) in [6.45, 7) is 2.53. The lowest BCUT2D eigenvalue weighted by Gasteiger charge is -2.06. The minimum absolute atomic E-state index is 0.0408. The fourth-order valence-corrected chi connectivity index (χ4v) is 2.73. The first-order valence-electron chi connectivity index (χ1n) is 6.56. The predicted molar refractivity (Wildman–Crippen MR) is 76.9 cm³/mol. The molecule has 7 nitrogen and oxygen atoms in total. The second kappa shape index (κ2) is 6.79. The largest absolute Gasteiger partial charge is 0.396 e. The van der Waals surface area contributed by atoms with Crippen LogP contribution in [-0.2, 0) is 23.1 Å². The fourth-order valence-electron chi connectivity index (χ4n) is 1.79. The normalized spacial score (nSPS) is 11.7. The molecule has 0 atom stereocenters. The van der Waals surface area contributed by atoms with Gasteiger partial charge in [-0.25, -0.2) is 13.1 Å². The van der Waals surface area contributed by atoms with Crippen molar-refractivity contribution in [2.45, 2.75) is 31.3 Å². The van der Waals surface area contributed by atoms with Crippen molar-refractivity contribution in [2.75, 3.05) is 6.61 Å². The van der Waals surface area contributed by atoms with Crippen molar-refractivity contribution in [1.29, 1.82) is 0 Å². The minimum Gasteiger partial charge on any atom is -0.396 e. The van der Waals surface area contributed by atoms with Crippen molar-refractivity contribution in [3.05, 3.63) is 42.0 Å². The highest BCUT2D eigenvalue weighted by Crippen LogP contribution is 2.09. The van der Waals surface area contributed by atoms with Crippen LogP contribution in [0.4, 0.5) is 0 Å². The number of nitrogens with one attached hydrogen (secondary N) is 1. The first kappa shape index (κ1) is 15.6. The van der Waals surface area contributed by atoms with Crippen LogP contribution in [-0.4, -0.2) is 34.9 Å². The Kier molecular flexibility index (Phi) is 5.05.